The number of hydrogen-bond acceptors (Lipinski definition) is 1. The highest BCUT2D eigenvalue weighted by atomic mass is 35.6. The van der Waals surface area contributed by atoms with Gasteiger partial charge in [-0.2, -0.15) is 0 Å². The standard InChI is InChI=1S/C12H15Cl3N2O/c1-2-10(18)17-11(12(13,14)15)16-8-9-6-4-3-5-7-9/h3-7,11,16H,2,8H2,1H3,(H,17,18)/p+1/t11-/m0/s1. The molecular weight excluding hydrogens is 295 g/mol. The Morgan fingerprint density at radius 2 is 1.94 bits per heavy atom. The second-order valence-electron chi connectivity index (χ2n) is 3.87. The summed E-state index contributed by atoms with van der Waals surface area (Å²) in [5.41, 5.74) is 1.10. The number of amides is 1. The van der Waals surface area contributed by atoms with E-state index in [1.54, 1.807) is 12.2 Å². The van der Waals surface area contributed by atoms with Gasteiger partial charge in [-0.25, -0.2) is 0 Å². The van der Waals surface area contributed by atoms with Crippen molar-refractivity contribution in [2.75, 3.05) is 0 Å². The van der Waals surface area contributed by atoms with Gasteiger partial charge < -0.3 is 10.6 Å². The number of quaternary nitrogens is 1. The second kappa shape index (κ2) is 7.19. The highest BCUT2D eigenvalue weighted by molar-refractivity contribution is 6.68. The fourth-order valence-corrected chi connectivity index (χ4v) is 1.85. The van der Waals surface area contributed by atoms with Crippen LogP contribution in [0.1, 0.15) is 18.9 Å². The first-order valence-electron chi connectivity index (χ1n) is 5.66. The van der Waals surface area contributed by atoms with Crippen LogP contribution in [0.2, 0.25) is 0 Å². The maximum Gasteiger partial charge on any atom is 0.262 e. The molecular formula is C12H16Cl3N2O+. The molecule has 0 aliphatic carbocycles. The van der Waals surface area contributed by atoms with E-state index < -0.39 is 9.96 Å². The van der Waals surface area contributed by atoms with Crippen molar-refractivity contribution in [1.29, 1.82) is 0 Å². The van der Waals surface area contributed by atoms with Gasteiger partial charge in [-0.3, -0.25) is 4.79 Å². The Bertz CT molecular complexity index is 379. The summed E-state index contributed by atoms with van der Waals surface area (Å²) in [5.74, 6) is -0.143. The number of alkyl halides is 3. The number of nitrogens with two attached hydrogens (primary N) is 1. The number of rotatable bonds is 5. The predicted octanol–water partition coefficient (Wildman–Crippen LogP) is 1.97. The van der Waals surface area contributed by atoms with Gasteiger partial charge in [-0.1, -0.05) is 72.1 Å². The van der Waals surface area contributed by atoms with Crippen molar-refractivity contribution in [2.45, 2.75) is 29.8 Å². The monoisotopic (exact) mass is 309 g/mol. The van der Waals surface area contributed by atoms with Gasteiger partial charge in [-0.15, -0.1) is 0 Å². The topological polar surface area (TPSA) is 45.7 Å². The van der Waals surface area contributed by atoms with E-state index in [-0.39, 0.29) is 5.91 Å². The molecule has 1 aromatic carbocycles. The van der Waals surface area contributed by atoms with Gasteiger partial charge in [0, 0.05) is 12.0 Å². The van der Waals surface area contributed by atoms with E-state index in [1.165, 1.54) is 0 Å². The van der Waals surface area contributed by atoms with Crippen molar-refractivity contribution in [2.24, 2.45) is 0 Å². The highest BCUT2D eigenvalue weighted by Gasteiger charge is 2.36. The number of hydrogen-bond donors (Lipinski definition) is 2. The highest BCUT2D eigenvalue weighted by Crippen LogP contribution is 2.27. The molecule has 0 fully saturated rings. The molecule has 1 amide bonds. The van der Waals surface area contributed by atoms with Crippen molar-refractivity contribution < 1.29 is 10.1 Å². The Morgan fingerprint density at radius 3 is 2.44 bits per heavy atom. The van der Waals surface area contributed by atoms with Gasteiger partial charge >= 0.3 is 0 Å². The molecule has 6 heteroatoms. The maximum atomic E-state index is 11.4. The molecule has 0 aliphatic heterocycles. The van der Waals surface area contributed by atoms with Crippen LogP contribution in [0.25, 0.3) is 0 Å². The zero-order chi connectivity index (χ0) is 13.6. The minimum atomic E-state index is -1.54. The van der Waals surface area contributed by atoms with Crippen LogP contribution in [0.5, 0.6) is 0 Å². The summed E-state index contributed by atoms with van der Waals surface area (Å²) in [4.78, 5) is 11.4. The molecule has 3 N–H and O–H groups in total. The summed E-state index contributed by atoms with van der Waals surface area (Å²) < 4.78 is -1.54. The first-order valence-corrected chi connectivity index (χ1v) is 6.80. The molecule has 18 heavy (non-hydrogen) atoms. The van der Waals surface area contributed by atoms with Crippen LogP contribution in [0.3, 0.4) is 0 Å². The molecule has 0 unspecified atom stereocenters. The van der Waals surface area contributed by atoms with Crippen LogP contribution in [0.15, 0.2) is 30.3 Å². The second-order valence-corrected chi connectivity index (χ2v) is 6.23. The zero-order valence-corrected chi connectivity index (χ0v) is 12.3. The first kappa shape index (κ1) is 15.6. The van der Waals surface area contributed by atoms with Crippen molar-refractivity contribution in [3.8, 4) is 0 Å². The lowest BCUT2D eigenvalue weighted by Crippen LogP contribution is -2.95. The quantitative estimate of drug-likeness (QED) is 0.634. The average Bonchev–Trinajstić information content (AvgIpc) is 2.34. The van der Waals surface area contributed by atoms with E-state index in [2.05, 4.69) is 5.32 Å². The number of carbonyl (C=O) groups is 1. The molecule has 0 aromatic heterocycles. The van der Waals surface area contributed by atoms with E-state index in [9.17, 15) is 4.79 Å². The van der Waals surface area contributed by atoms with Gasteiger partial charge in [-0.05, 0) is 0 Å². The van der Waals surface area contributed by atoms with Crippen LogP contribution in [-0.4, -0.2) is 15.9 Å². The third kappa shape index (κ3) is 5.44. The Morgan fingerprint density at radius 1 is 1.33 bits per heavy atom. The molecule has 0 saturated heterocycles. The third-order valence-corrected chi connectivity index (χ3v) is 3.13. The number of halogens is 3. The Balaban J connectivity index is 2.59. The van der Waals surface area contributed by atoms with Crippen molar-refractivity contribution >= 4 is 40.7 Å². The summed E-state index contributed by atoms with van der Waals surface area (Å²) in [6, 6.07) is 9.78. The van der Waals surface area contributed by atoms with E-state index in [1.807, 2.05) is 30.3 Å². The van der Waals surface area contributed by atoms with E-state index >= 15 is 0 Å². The molecule has 3 nitrogen and oxygen atoms in total. The van der Waals surface area contributed by atoms with Crippen LogP contribution in [-0.2, 0) is 11.3 Å². The van der Waals surface area contributed by atoms with Crippen LogP contribution in [0, 0.1) is 0 Å². The number of carbonyl (C=O) groups excluding carboxylic acids is 1. The fourth-order valence-electron chi connectivity index (χ4n) is 1.42. The lowest BCUT2D eigenvalue weighted by Gasteiger charge is -2.23. The molecule has 1 aromatic rings. The summed E-state index contributed by atoms with van der Waals surface area (Å²) in [5, 5.41) is 4.49. The number of nitrogens with one attached hydrogen (secondary N) is 1. The van der Waals surface area contributed by atoms with Crippen LogP contribution < -0.4 is 10.6 Å². The van der Waals surface area contributed by atoms with Gasteiger partial charge in [0.25, 0.3) is 3.79 Å². The lowest BCUT2D eigenvalue weighted by molar-refractivity contribution is -0.707. The smallest absolute Gasteiger partial charge is 0.262 e. The van der Waals surface area contributed by atoms with Crippen molar-refractivity contribution in [3.63, 3.8) is 0 Å². The van der Waals surface area contributed by atoms with Gasteiger partial charge in [0.15, 0.2) is 0 Å². The fraction of sp³-hybridized carbons (Fsp3) is 0.417. The third-order valence-electron chi connectivity index (χ3n) is 2.42. The van der Waals surface area contributed by atoms with Crippen molar-refractivity contribution in [3.05, 3.63) is 35.9 Å². The van der Waals surface area contributed by atoms with Gasteiger partial charge in [0.2, 0.25) is 12.1 Å². The first-order chi connectivity index (χ1) is 8.43. The number of benzene rings is 1. The van der Waals surface area contributed by atoms with Gasteiger partial charge in [0.05, 0.1) is 0 Å². The molecule has 1 rings (SSSR count). The minimum Gasteiger partial charge on any atom is -0.319 e. The molecule has 0 bridgehead atoms. The van der Waals surface area contributed by atoms with Crippen molar-refractivity contribution in [1.82, 2.24) is 5.32 Å². The zero-order valence-electron chi connectivity index (χ0n) is 10.00. The SMILES string of the molecule is CCC(=O)N[C@H]([NH2+]Cc1ccccc1)C(Cl)(Cl)Cl. The van der Waals surface area contributed by atoms with Gasteiger partial charge in [0.1, 0.15) is 6.54 Å². The maximum absolute atomic E-state index is 11.4. The van der Waals surface area contributed by atoms with E-state index in [0.29, 0.717) is 13.0 Å². The normalized spacial score (nSPS) is 13.1. The minimum absolute atomic E-state index is 0.143. The Hall–Kier alpha value is -0.480. The Kier molecular flexibility index (Phi) is 6.22. The summed E-state index contributed by atoms with van der Waals surface area (Å²) >= 11 is 17.6. The lowest BCUT2D eigenvalue weighted by atomic mass is 10.2. The summed E-state index contributed by atoms with van der Waals surface area (Å²) in [6.07, 6.45) is -0.244. The molecule has 0 heterocycles. The molecule has 0 radical (unpaired) electrons. The van der Waals surface area contributed by atoms with E-state index in [4.69, 9.17) is 34.8 Å². The van der Waals surface area contributed by atoms with Crippen LogP contribution in [0.4, 0.5) is 0 Å². The Labute approximate surface area is 122 Å². The summed E-state index contributed by atoms with van der Waals surface area (Å²) in [7, 11) is 0. The molecule has 100 valence electrons. The molecule has 0 aliphatic rings. The average molecular weight is 311 g/mol. The summed E-state index contributed by atoms with van der Waals surface area (Å²) in [6.45, 7) is 2.38. The molecule has 1 atom stereocenters. The molecule has 0 saturated carbocycles. The molecule has 0 spiro atoms. The predicted molar refractivity (Wildman–Crippen MR) is 74.6 cm³/mol. The van der Waals surface area contributed by atoms with Crippen LogP contribution >= 0.6 is 34.8 Å². The van der Waals surface area contributed by atoms with E-state index in [0.717, 1.165) is 5.56 Å². The largest absolute Gasteiger partial charge is 0.319 e.